The van der Waals surface area contributed by atoms with Crippen LogP contribution in [-0.2, 0) is 14.4 Å². The van der Waals surface area contributed by atoms with Crippen molar-refractivity contribution in [2.24, 2.45) is 5.92 Å². The van der Waals surface area contributed by atoms with Gasteiger partial charge in [0.05, 0.1) is 17.5 Å². The highest BCUT2D eigenvalue weighted by atomic mass is 16.4. The van der Waals surface area contributed by atoms with E-state index < -0.39 is 18.0 Å². The van der Waals surface area contributed by atoms with E-state index >= 15 is 0 Å². The van der Waals surface area contributed by atoms with Gasteiger partial charge in [0.15, 0.2) is 5.65 Å². The molecule has 0 saturated carbocycles. The molecule has 3 rings (SSSR count). The van der Waals surface area contributed by atoms with Crippen LogP contribution in [0, 0.1) is 17.2 Å². The Labute approximate surface area is 245 Å². The van der Waals surface area contributed by atoms with Gasteiger partial charge in [0.1, 0.15) is 24.6 Å². The van der Waals surface area contributed by atoms with E-state index in [9.17, 15) is 24.3 Å². The Morgan fingerprint density at radius 1 is 1.21 bits per heavy atom. The first-order valence-corrected chi connectivity index (χ1v) is 14.3. The van der Waals surface area contributed by atoms with Crippen molar-refractivity contribution in [1.29, 1.82) is 5.26 Å². The van der Waals surface area contributed by atoms with E-state index in [-0.39, 0.29) is 43.2 Å². The molecule has 0 aliphatic carbocycles. The van der Waals surface area contributed by atoms with Crippen LogP contribution in [0.3, 0.4) is 0 Å². The number of aliphatic carboxylic acids is 1. The molecule has 0 spiro atoms. The number of anilines is 1. The summed E-state index contributed by atoms with van der Waals surface area (Å²) in [5, 5.41) is 27.3. The number of rotatable bonds is 14. The van der Waals surface area contributed by atoms with Gasteiger partial charge in [-0.15, -0.1) is 0 Å². The lowest BCUT2D eigenvalue weighted by Gasteiger charge is -2.42. The third-order valence-electron chi connectivity index (χ3n) is 7.67. The van der Waals surface area contributed by atoms with Gasteiger partial charge >= 0.3 is 12.0 Å². The fourth-order valence-corrected chi connectivity index (χ4v) is 5.20. The number of nitrogens with zero attached hydrogens (tertiary/aromatic N) is 6. The summed E-state index contributed by atoms with van der Waals surface area (Å²) in [6.07, 6.45) is 5.94. The first-order chi connectivity index (χ1) is 20.2. The number of carbonyl (C=O) groups is 4. The molecule has 228 valence electrons. The standard InChI is InChI=1S/C28H41N9O5/c1-19-10-15-36(24(39)9-12-29)17-22(19)35(3)25-20-11-16-37(26(20)33-18-32-25)28(42)31-14-6-8-23(38)34-21(27(40)41)7-4-5-13-30-2/h11,16,18-19,21-22,30H,4-10,13-15,17H2,1-3H3,(H,31,42)(H,34,38)(H,40,41)/t19-,21+,22+/m1/s1. The summed E-state index contributed by atoms with van der Waals surface area (Å²) in [4.78, 5) is 61.5. The molecule has 1 saturated heterocycles. The molecule has 14 nitrogen and oxygen atoms in total. The van der Waals surface area contributed by atoms with E-state index in [1.807, 2.05) is 25.1 Å². The van der Waals surface area contributed by atoms with Crippen molar-refractivity contribution < 1.29 is 24.3 Å². The first-order valence-electron chi connectivity index (χ1n) is 14.3. The van der Waals surface area contributed by atoms with Crippen molar-refractivity contribution in [1.82, 2.24) is 35.4 Å². The second-order valence-corrected chi connectivity index (χ2v) is 10.6. The smallest absolute Gasteiger partial charge is 0.327 e. The summed E-state index contributed by atoms with van der Waals surface area (Å²) >= 11 is 0. The maximum absolute atomic E-state index is 12.9. The summed E-state index contributed by atoms with van der Waals surface area (Å²) in [6, 6.07) is 2.32. The Hall–Kier alpha value is -4.25. The predicted molar refractivity (Wildman–Crippen MR) is 156 cm³/mol. The number of hydrogen-bond donors (Lipinski definition) is 4. The summed E-state index contributed by atoms with van der Waals surface area (Å²) in [7, 11) is 3.73. The molecule has 2 aromatic heterocycles. The highest BCUT2D eigenvalue weighted by molar-refractivity contribution is 5.95. The van der Waals surface area contributed by atoms with E-state index in [2.05, 4.69) is 32.8 Å². The summed E-state index contributed by atoms with van der Waals surface area (Å²) in [5.41, 5.74) is 0.422. The number of unbranched alkanes of at least 4 members (excludes halogenated alkanes) is 1. The van der Waals surface area contributed by atoms with Crippen LogP contribution in [-0.4, -0.2) is 101 Å². The number of fused-ring (bicyclic) bond motifs is 1. The lowest BCUT2D eigenvalue weighted by atomic mass is 9.92. The maximum Gasteiger partial charge on any atom is 0.327 e. The molecule has 0 bridgehead atoms. The minimum absolute atomic E-state index is 0.0307. The van der Waals surface area contributed by atoms with Gasteiger partial charge in [0.25, 0.3) is 0 Å². The van der Waals surface area contributed by atoms with E-state index in [4.69, 9.17) is 5.26 Å². The summed E-state index contributed by atoms with van der Waals surface area (Å²) in [5.74, 6) is -0.707. The molecule has 3 amide bonds. The van der Waals surface area contributed by atoms with Crippen LogP contribution in [0.5, 0.6) is 0 Å². The van der Waals surface area contributed by atoms with Gasteiger partial charge in [0, 0.05) is 39.3 Å². The quantitative estimate of drug-likeness (QED) is 0.236. The van der Waals surface area contributed by atoms with E-state index in [0.29, 0.717) is 49.2 Å². The molecule has 1 fully saturated rings. The zero-order valence-corrected chi connectivity index (χ0v) is 24.5. The molecule has 0 unspecified atom stereocenters. The Morgan fingerprint density at radius 3 is 2.71 bits per heavy atom. The van der Waals surface area contributed by atoms with Gasteiger partial charge in [-0.3, -0.25) is 14.2 Å². The third kappa shape index (κ3) is 8.39. The molecule has 42 heavy (non-hydrogen) atoms. The molecule has 1 aliphatic heterocycles. The van der Waals surface area contributed by atoms with E-state index in [1.165, 1.54) is 10.9 Å². The molecule has 3 heterocycles. The van der Waals surface area contributed by atoms with Crippen molar-refractivity contribution in [3.8, 4) is 6.07 Å². The van der Waals surface area contributed by atoms with Gasteiger partial charge in [-0.2, -0.15) is 5.26 Å². The van der Waals surface area contributed by atoms with Crippen LogP contribution in [0.1, 0.15) is 51.9 Å². The number of likely N-dealkylation sites (N-methyl/N-ethyl adjacent to an activating group) is 1. The number of carboxylic acid groups (broad SMARTS) is 1. The number of piperidine rings is 1. The number of likely N-dealkylation sites (tertiary alicyclic amines) is 1. The Bertz CT molecular complexity index is 1290. The van der Waals surface area contributed by atoms with Crippen LogP contribution in [0.4, 0.5) is 10.6 Å². The molecular formula is C28H41N9O5. The SMILES string of the molecule is CNCCCC[C@H](NC(=O)CCCNC(=O)n1ccc2c(N(C)[C@H]3CN(C(=O)CC#N)CC[C@H]3C)ncnc21)C(=O)O. The molecular weight excluding hydrogens is 542 g/mol. The van der Waals surface area contributed by atoms with Gasteiger partial charge in [-0.05, 0) is 57.7 Å². The first kappa shape index (κ1) is 32.3. The molecule has 0 radical (unpaired) electrons. The van der Waals surface area contributed by atoms with Crippen LogP contribution < -0.4 is 20.9 Å². The minimum atomic E-state index is -1.06. The van der Waals surface area contributed by atoms with Crippen LogP contribution in [0.15, 0.2) is 18.6 Å². The predicted octanol–water partition coefficient (Wildman–Crippen LogP) is 1.32. The van der Waals surface area contributed by atoms with Crippen LogP contribution in [0.25, 0.3) is 11.0 Å². The van der Waals surface area contributed by atoms with Crippen molar-refractivity contribution in [3.05, 3.63) is 18.6 Å². The van der Waals surface area contributed by atoms with E-state index in [0.717, 1.165) is 19.4 Å². The lowest BCUT2D eigenvalue weighted by Crippen LogP contribution is -2.52. The Kier molecular flexibility index (Phi) is 12.0. The largest absolute Gasteiger partial charge is 0.480 e. The van der Waals surface area contributed by atoms with E-state index in [1.54, 1.807) is 17.2 Å². The highest BCUT2D eigenvalue weighted by Crippen LogP contribution is 2.29. The summed E-state index contributed by atoms with van der Waals surface area (Å²) in [6.45, 7) is 4.21. The van der Waals surface area contributed by atoms with Crippen molar-refractivity contribution in [2.75, 3.05) is 45.2 Å². The third-order valence-corrected chi connectivity index (χ3v) is 7.67. The molecule has 0 aromatic carbocycles. The number of amides is 3. The monoisotopic (exact) mass is 583 g/mol. The zero-order valence-electron chi connectivity index (χ0n) is 24.5. The molecule has 3 atom stereocenters. The van der Waals surface area contributed by atoms with Crippen molar-refractivity contribution >= 4 is 40.7 Å². The Balaban J connectivity index is 1.57. The second kappa shape index (κ2) is 15.7. The van der Waals surface area contributed by atoms with Gasteiger partial charge < -0.3 is 30.9 Å². The Morgan fingerprint density at radius 2 is 2.00 bits per heavy atom. The van der Waals surface area contributed by atoms with Crippen molar-refractivity contribution in [3.63, 3.8) is 0 Å². The van der Waals surface area contributed by atoms with Gasteiger partial charge in [-0.25, -0.2) is 19.6 Å². The number of nitriles is 1. The number of carbonyl (C=O) groups excluding carboxylic acids is 3. The lowest BCUT2D eigenvalue weighted by molar-refractivity contribution is -0.142. The molecule has 4 N–H and O–H groups in total. The average molecular weight is 584 g/mol. The summed E-state index contributed by atoms with van der Waals surface area (Å²) < 4.78 is 1.38. The van der Waals surface area contributed by atoms with Gasteiger partial charge in [0.2, 0.25) is 11.8 Å². The number of hydrogen-bond acceptors (Lipinski definition) is 9. The normalized spacial score (nSPS) is 17.3. The maximum atomic E-state index is 12.9. The number of carboxylic acids is 1. The highest BCUT2D eigenvalue weighted by Gasteiger charge is 2.33. The average Bonchev–Trinajstić information content (AvgIpc) is 3.41. The van der Waals surface area contributed by atoms with Crippen LogP contribution in [0.2, 0.25) is 0 Å². The number of aromatic nitrogens is 3. The second-order valence-electron chi connectivity index (χ2n) is 10.6. The molecule has 2 aromatic rings. The fraction of sp³-hybridized carbons (Fsp3) is 0.607. The van der Waals surface area contributed by atoms with Crippen molar-refractivity contribution in [2.45, 2.75) is 64.0 Å². The number of nitrogens with one attached hydrogen (secondary N) is 3. The topological polar surface area (TPSA) is 186 Å². The molecule has 1 aliphatic rings. The van der Waals surface area contributed by atoms with Crippen LogP contribution >= 0.6 is 0 Å². The molecule has 14 heteroatoms. The minimum Gasteiger partial charge on any atom is -0.480 e. The van der Waals surface area contributed by atoms with Gasteiger partial charge in [-0.1, -0.05) is 6.92 Å². The fourth-order valence-electron chi connectivity index (χ4n) is 5.20. The zero-order chi connectivity index (χ0) is 30.6.